The van der Waals surface area contributed by atoms with E-state index in [0.717, 1.165) is 31.7 Å². The second kappa shape index (κ2) is 5.66. The van der Waals surface area contributed by atoms with Crippen LogP contribution in [0.4, 0.5) is 11.5 Å². The van der Waals surface area contributed by atoms with Gasteiger partial charge in [0.15, 0.2) is 0 Å². The van der Waals surface area contributed by atoms with Crippen LogP contribution in [0.3, 0.4) is 0 Å². The SMILES string of the molecule is COC(=O)c1cc(N2CCCC(C)(OC)C2)ncc1N. The van der Waals surface area contributed by atoms with Crippen molar-refractivity contribution in [2.75, 3.05) is 37.9 Å². The number of pyridine rings is 1. The lowest BCUT2D eigenvalue weighted by Gasteiger charge is -2.40. The minimum Gasteiger partial charge on any atom is -0.465 e. The summed E-state index contributed by atoms with van der Waals surface area (Å²) >= 11 is 0. The molecule has 110 valence electrons. The Kier molecular flexibility index (Phi) is 4.13. The number of nitrogens with zero attached hydrogens (tertiary/aromatic N) is 2. The van der Waals surface area contributed by atoms with Crippen molar-refractivity contribution in [3.05, 3.63) is 17.8 Å². The Morgan fingerprint density at radius 2 is 2.25 bits per heavy atom. The first kappa shape index (κ1) is 14.6. The molecule has 2 rings (SSSR count). The molecule has 6 nitrogen and oxygen atoms in total. The van der Waals surface area contributed by atoms with Gasteiger partial charge in [-0.2, -0.15) is 0 Å². The predicted octanol–water partition coefficient (Wildman–Crippen LogP) is 1.46. The zero-order valence-electron chi connectivity index (χ0n) is 12.2. The number of piperidine rings is 1. The van der Waals surface area contributed by atoms with E-state index in [9.17, 15) is 4.79 Å². The Labute approximate surface area is 118 Å². The Balaban J connectivity index is 2.27. The average molecular weight is 279 g/mol. The molecule has 0 spiro atoms. The van der Waals surface area contributed by atoms with Gasteiger partial charge in [0.1, 0.15) is 5.82 Å². The van der Waals surface area contributed by atoms with Crippen LogP contribution < -0.4 is 10.6 Å². The summed E-state index contributed by atoms with van der Waals surface area (Å²) in [5.74, 6) is 0.278. The highest BCUT2D eigenvalue weighted by Gasteiger charge is 2.31. The van der Waals surface area contributed by atoms with Crippen LogP contribution in [0.5, 0.6) is 0 Å². The second-order valence-electron chi connectivity index (χ2n) is 5.30. The Morgan fingerprint density at radius 1 is 1.50 bits per heavy atom. The van der Waals surface area contributed by atoms with Crippen LogP contribution in [-0.4, -0.2) is 43.9 Å². The molecule has 2 heterocycles. The monoisotopic (exact) mass is 279 g/mol. The first-order valence-electron chi connectivity index (χ1n) is 6.63. The van der Waals surface area contributed by atoms with E-state index in [4.69, 9.17) is 15.2 Å². The van der Waals surface area contributed by atoms with Crippen molar-refractivity contribution in [3.8, 4) is 0 Å². The van der Waals surface area contributed by atoms with Crippen LogP contribution in [0.2, 0.25) is 0 Å². The average Bonchev–Trinajstić information content (AvgIpc) is 2.47. The first-order valence-corrected chi connectivity index (χ1v) is 6.63. The number of esters is 1. The minimum absolute atomic E-state index is 0.188. The van der Waals surface area contributed by atoms with Gasteiger partial charge in [0.2, 0.25) is 0 Å². The van der Waals surface area contributed by atoms with Gasteiger partial charge in [0, 0.05) is 20.2 Å². The number of hydrogen-bond donors (Lipinski definition) is 1. The van der Waals surface area contributed by atoms with Gasteiger partial charge in [-0.3, -0.25) is 0 Å². The molecule has 0 aliphatic carbocycles. The van der Waals surface area contributed by atoms with Crippen molar-refractivity contribution in [1.82, 2.24) is 4.98 Å². The number of carbonyl (C=O) groups is 1. The third-order valence-corrected chi connectivity index (χ3v) is 3.80. The molecule has 1 fully saturated rings. The number of carbonyl (C=O) groups excluding carboxylic acids is 1. The van der Waals surface area contributed by atoms with E-state index in [-0.39, 0.29) is 5.60 Å². The molecule has 1 unspecified atom stereocenters. The molecule has 1 saturated heterocycles. The molecule has 0 amide bonds. The Bertz CT molecular complexity index is 506. The normalized spacial score (nSPS) is 22.6. The molecule has 0 aromatic carbocycles. The lowest BCUT2D eigenvalue weighted by molar-refractivity contribution is -0.00481. The Morgan fingerprint density at radius 3 is 2.90 bits per heavy atom. The highest BCUT2D eigenvalue weighted by Crippen LogP contribution is 2.28. The van der Waals surface area contributed by atoms with Gasteiger partial charge in [-0.05, 0) is 25.8 Å². The second-order valence-corrected chi connectivity index (χ2v) is 5.30. The number of methoxy groups -OCH3 is 2. The number of hydrogen-bond acceptors (Lipinski definition) is 6. The molecular weight excluding hydrogens is 258 g/mol. The van der Waals surface area contributed by atoms with Crippen LogP contribution in [0.15, 0.2) is 12.3 Å². The van der Waals surface area contributed by atoms with Gasteiger partial charge in [-0.15, -0.1) is 0 Å². The molecule has 0 radical (unpaired) electrons. The maximum atomic E-state index is 11.7. The molecule has 2 N–H and O–H groups in total. The molecule has 1 aromatic rings. The summed E-state index contributed by atoms with van der Waals surface area (Å²) in [6.07, 6.45) is 3.53. The maximum absolute atomic E-state index is 11.7. The fourth-order valence-corrected chi connectivity index (χ4v) is 2.48. The van der Waals surface area contributed by atoms with E-state index < -0.39 is 5.97 Å². The predicted molar refractivity (Wildman–Crippen MR) is 76.8 cm³/mol. The third-order valence-electron chi connectivity index (χ3n) is 3.80. The number of nitrogens with two attached hydrogens (primary N) is 1. The number of anilines is 2. The standard InChI is InChI=1S/C14H21N3O3/c1-14(20-3)5-4-6-17(9-14)12-7-10(13(18)19-2)11(15)8-16-12/h7-8H,4-6,9,15H2,1-3H3. The lowest BCUT2D eigenvalue weighted by Crippen LogP contribution is -2.47. The van der Waals surface area contributed by atoms with Crippen LogP contribution in [0.25, 0.3) is 0 Å². The van der Waals surface area contributed by atoms with Gasteiger partial charge in [0.05, 0.1) is 30.2 Å². The van der Waals surface area contributed by atoms with Gasteiger partial charge in [-0.25, -0.2) is 9.78 Å². The molecule has 0 bridgehead atoms. The summed E-state index contributed by atoms with van der Waals surface area (Å²) in [4.78, 5) is 18.1. The third kappa shape index (κ3) is 2.85. The largest absolute Gasteiger partial charge is 0.465 e. The first-order chi connectivity index (χ1) is 9.49. The van der Waals surface area contributed by atoms with Crippen LogP contribution in [0.1, 0.15) is 30.1 Å². The zero-order valence-corrected chi connectivity index (χ0v) is 12.2. The van der Waals surface area contributed by atoms with Gasteiger partial charge in [-0.1, -0.05) is 0 Å². The smallest absolute Gasteiger partial charge is 0.340 e. The number of ether oxygens (including phenoxy) is 2. The fraction of sp³-hybridized carbons (Fsp3) is 0.571. The van der Waals surface area contributed by atoms with Crippen molar-refractivity contribution in [2.45, 2.75) is 25.4 Å². The molecule has 6 heteroatoms. The fourth-order valence-electron chi connectivity index (χ4n) is 2.48. The minimum atomic E-state index is -0.447. The molecule has 20 heavy (non-hydrogen) atoms. The van der Waals surface area contributed by atoms with Gasteiger partial charge in [0.25, 0.3) is 0 Å². The van der Waals surface area contributed by atoms with E-state index in [2.05, 4.69) is 16.8 Å². The zero-order chi connectivity index (χ0) is 14.8. The molecule has 1 atom stereocenters. The van der Waals surface area contributed by atoms with Gasteiger partial charge < -0.3 is 20.1 Å². The molecular formula is C14H21N3O3. The van der Waals surface area contributed by atoms with Crippen molar-refractivity contribution in [3.63, 3.8) is 0 Å². The van der Waals surface area contributed by atoms with Crippen LogP contribution >= 0.6 is 0 Å². The maximum Gasteiger partial charge on any atom is 0.340 e. The van der Waals surface area contributed by atoms with Crippen molar-refractivity contribution in [1.29, 1.82) is 0 Å². The highest BCUT2D eigenvalue weighted by molar-refractivity contribution is 5.95. The number of aromatic nitrogens is 1. The number of rotatable bonds is 3. The quantitative estimate of drug-likeness (QED) is 0.844. The lowest BCUT2D eigenvalue weighted by atomic mass is 9.94. The van der Waals surface area contributed by atoms with Crippen LogP contribution in [-0.2, 0) is 9.47 Å². The van der Waals surface area contributed by atoms with E-state index in [1.807, 2.05) is 0 Å². The van der Waals surface area contributed by atoms with Crippen LogP contribution in [0, 0.1) is 0 Å². The van der Waals surface area contributed by atoms with E-state index in [1.165, 1.54) is 13.3 Å². The summed E-state index contributed by atoms with van der Waals surface area (Å²) in [7, 11) is 3.06. The number of nitrogen functional groups attached to an aromatic ring is 1. The van der Waals surface area contributed by atoms with E-state index in [1.54, 1.807) is 13.2 Å². The van der Waals surface area contributed by atoms with Crippen molar-refractivity contribution in [2.24, 2.45) is 0 Å². The Hall–Kier alpha value is -1.82. The highest BCUT2D eigenvalue weighted by atomic mass is 16.5. The summed E-state index contributed by atoms with van der Waals surface area (Å²) in [5.41, 5.74) is 6.26. The summed E-state index contributed by atoms with van der Waals surface area (Å²) in [6.45, 7) is 3.70. The topological polar surface area (TPSA) is 77.7 Å². The van der Waals surface area contributed by atoms with Crippen molar-refractivity contribution < 1.29 is 14.3 Å². The molecule has 1 aliphatic heterocycles. The van der Waals surface area contributed by atoms with Gasteiger partial charge >= 0.3 is 5.97 Å². The van der Waals surface area contributed by atoms with E-state index in [0.29, 0.717) is 11.3 Å². The molecule has 0 saturated carbocycles. The molecule has 1 aliphatic rings. The summed E-state index contributed by atoms with van der Waals surface area (Å²) < 4.78 is 10.3. The summed E-state index contributed by atoms with van der Waals surface area (Å²) in [5, 5.41) is 0. The van der Waals surface area contributed by atoms with E-state index >= 15 is 0 Å². The molecule has 1 aromatic heterocycles. The van der Waals surface area contributed by atoms with Crippen molar-refractivity contribution >= 4 is 17.5 Å². The summed E-state index contributed by atoms with van der Waals surface area (Å²) in [6, 6.07) is 1.68.